The molecule has 128 valence electrons. The summed E-state index contributed by atoms with van der Waals surface area (Å²) >= 11 is 0. The number of halogens is 3. The zero-order valence-corrected chi connectivity index (χ0v) is 13.4. The Balaban J connectivity index is 1.50. The first-order valence-electron chi connectivity index (χ1n) is 8.51. The van der Waals surface area contributed by atoms with Gasteiger partial charge in [0.25, 0.3) is 0 Å². The third-order valence-corrected chi connectivity index (χ3v) is 5.33. The average Bonchev–Trinajstić information content (AvgIpc) is 3.50. The summed E-state index contributed by atoms with van der Waals surface area (Å²) < 4.78 is 40.7. The molecule has 25 heavy (non-hydrogen) atoms. The molecule has 2 aliphatic carbocycles. The van der Waals surface area contributed by atoms with Crippen molar-refractivity contribution in [2.24, 2.45) is 0 Å². The van der Waals surface area contributed by atoms with Gasteiger partial charge in [0.05, 0.1) is 5.56 Å². The maximum absolute atomic E-state index is 13.0. The quantitative estimate of drug-likeness (QED) is 0.677. The van der Waals surface area contributed by atoms with E-state index in [2.05, 4.69) is 16.1 Å². The van der Waals surface area contributed by atoms with Gasteiger partial charge in [0.2, 0.25) is 0 Å². The summed E-state index contributed by atoms with van der Waals surface area (Å²) in [5, 5.41) is 4.21. The van der Waals surface area contributed by atoms with Crippen LogP contribution in [0.5, 0.6) is 0 Å². The van der Waals surface area contributed by atoms with E-state index in [-0.39, 0.29) is 11.8 Å². The van der Waals surface area contributed by atoms with Crippen molar-refractivity contribution in [3.8, 4) is 0 Å². The average molecular weight is 343 g/mol. The summed E-state index contributed by atoms with van der Waals surface area (Å²) in [6.07, 6.45) is 2.51. The summed E-state index contributed by atoms with van der Waals surface area (Å²) in [6.45, 7) is 0. The number of rotatable bonds is 3. The number of alkyl halides is 3. The van der Waals surface area contributed by atoms with Gasteiger partial charge in [0, 0.05) is 6.20 Å². The van der Waals surface area contributed by atoms with Crippen LogP contribution in [-0.4, -0.2) is 14.6 Å². The van der Waals surface area contributed by atoms with Crippen molar-refractivity contribution in [3.63, 3.8) is 0 Å². The summed E-state index contributed by atoms with van der Waals surface area (Å²) in [6, 6.07) is 7.86. The Morgan fingerprint density at radius 1 is 1.04 bits per heavy atom. The molecule has 2 heterocycles. The molecule has 2 saturated carbocycles. The third kappa shape index (κ3) is 2.60. The van der Waals surface area contributed by atoms with Crippen LogP contribution >= 0.6 is 0 Å². The largest absolute Gasteiger partial charge is 0.416 e. The first-order chi connectivity index (χ1) is 12.0. The van der Waals surface area contributed by atoms with Crippen LogP contribution in [0.25, 0.3) is 5.65 Å². The molecule has 0 N–H and O–H groups in total. The lowest BCUT2D eigenvalue weighted by atomic mass is 9.98. The fourth-order valence-electron chi connectivity index (χ4n) is 3.80. The molecule has 0 saturated heterocycles. The molecule has 0 aliphatic heterocycles. The Kier molecular flexibility index (Phi) is 3.03. The SMILES string of the molecule is FC(F)(F)c1cccc(C2CC2c2cn3ncnc3cc2C2CC2)c1. The highest BCUT2D eigenvalue weighted by atomic mass is 19.4. The van der Waals surface area contributed by atoms with E-state index in [9.17, 15) is 13.2 Å². The summed E-state index contributed by atoms with van der Waals surface area (Å²) in [4.78, 5) is 4.25. The molecule has 0 spiro atoms. The molecule has 0 bridgehead atoms. The number of pyridine rings is 1. The minimum Gasteiger partial charge on any atom is -0.221 e. The Morgan fingerprint density at radius 2 is 1.88 bits per heavy atom. The van der Waals surface area contributed by atoms with Crippen molar-refractivity contribution in [3.05, 3.63) is 65.1 Å². The normalized spacial score (nSPS) is 23.2. The van der Waals surface area contributed by atoms with Gasteiger partial charge < -0.3 is 0 Å². The van der Waals surface area contributed by atoms with Crippen LogP contribution in [0.1, 0.15) is 59.3 Å². The van der Waals surface area contributed by atoms with Crippen molar-refractivity contribution in [2.45, 2.75) is 43.2 Å². The lowest BCUT2D eigenvalue weighted by Crippen LogP contribution is -2.05. The maximum atomic E-state index is 13.0. The van der Waals surface area contributed by atoms with Crippen molar-refractivity contribution in [2.75, 3.05) is 0 Å². The monoisotopic (exact) mass is 343 g/mol. The Morgan fingerprint density at radius 3 is 2.64 bits per heavy atom. The summed E-state index contributed by atoms with van der Waals surface area (Å²) in [5.74, 6) is 0.993. The highest BCUT2D eigenvalue weighted by Crippen LogP contribution is 2.58. The van der Waals surface area contributed by atoms with Crippen molar-refractivity contribution in [1.82, 2.24) is 14.6 Å². The van der Waals surface area contributed by atoms with Crippen LogP contribution in [0.2, 0.25) is 0 Å². The number of hydrogen-bond donors (Lipinski definition) is 0. The van der Waals surface area contributed by atoms with Gasteiger partial charge >= 0.3 is 6.18 Å². The Labute approximate surface area is 142 Å². The molecule has 0 amide bonds. The van der Waals surface area contributed by atoms with Gasteiger partial charge in [-0.25, -0.2) is 9.50 Å². The third-order valence-electron chi connectivity index (χ3n) is 5.33. The van der Waals surface area contributed by atoms with Crippen molar-refractivity contribution >= 4 is 5.65 Å². The van der Waals surface area contributed by atoms with Gasteiger partial charge in [-0.3, -0.25) is 0 Å². The lowest BCUT2D eigenvalue weighted by Gasteiger charge is -2.11. The summed E-state index contributed by atoms with van der Waals surface area (Å²) in [5.41, 5.74) is 3.58. The number of aromatic nitrogens is 3. The van der Waals surface area contributed by atoms with Crippen LogP contribution in [-0.2, 0) is 6.18 Å². The fraction of sp³-hybridized carbons (Fsp3) is 0.368. The maximum Gasteiger partial charge on any atom is 0.416 e. The van der Waals surface area contributed by atoms with Crippen molar-refractivity contribution in [1.29, 1.82) is 0 Å². The van der Waals surface area contributed by atoms with E-state index < -0.39 is 11.7 Å². The molecule has 2 unspecified atom stereocenters. The Hall–Kier alpha value is -2.37. The highest BCUT2D eigenvalue weighted by Gasteiger charge is 2.43. The minimum atomic E-state index is -4.29. The molecule has 2 aliphatic rings. The molecule has 2 fully saturated rings. The standard InChI is InChI=1S/C19H16F3N3/c20-19(21,22)13-3-1-2-12(6-13)14-7-16(14)17-9-25-18(23-10-24-25)8-15(17)11-4-5-11/h1-3,6,8-11,14,16H,4-5,7H2. The van der Waals surface area contributed by atoms with Crippen LogP contribution in [0.4, 0.5) is 13.2 Å². The summed E-state index contributed by atoms with van der Waals surface area (Å²) in [7, 11) is 0. The van der Waals surface area contributed by atoms with Gasteiger partial charge in [-0.2, -0.15) is 18.3 Å². The van der Waals surface area contributed by atoms with Crippen LogP contribution < -0.4 is 0 Å². The zero-order chi connectivity index (χ0) is 17.2. The number of fused-ring (bicyclic) bond motifs is 1. The smallest absolute Gasteiger partial charge is 0.221 e. The van der Waals surface area contributed by atoms with Crippen LogP contribution in [0, 0.1) is 0 Å². The molecule has 3 nitrogen and oxygen atoms in total. The molecule has 1 aromatic carbocycles. The molecule has 5 rings (SSSR count). The highest BCUT2D eigenvalue weighted by molar-refractivity contribution is 5.50. The van der Waals surface area contributed by atoms with Gasteiger partial charge in [-0.05, 0) is 65.8 Å². The second kappa shape index (κ2) is 5.07. The van der Waals surface area contributed by atoms with E-state index >= 15 is 0 Å². The predicted molar refractivity (Wildman–Crippen MR) is 86.5 cm³/mol. The predicted octanol–water partition coefficient (Wildman–Crippen LogP) is 4.90. The fourth-order valence-corrected chi connectivity index (χ4v) is 3.80. The number of benzene rings is 1. The van der Waals surface area contributed by atoms with Crippen LogP contribution in [0.15, 0.2) is 42.9 Å². The molecule has 3 aromatic rings. The second-order valence-electron chi connectivity index (χ2n) is 7.09. The second-order valence-corrected chi connectivity index (χ2v) is 7.09. The van der Waals surface area contributed by atoms with E-state index in [0.717, 1.165) is 23.7 Å². The van der Waals surface area contributed by atoms with E-state index in [1.165, 1.54) is 42.4 Å². The van der Waals surface area contributed by atoms with Gasteiger partial charge in [0.15, 0.2) is 5.65 Å². The van der Waals surface area contributed by atoms with E-state index in [1.807, 2.05) is 12.3 Å². The van der Waals surface area contributed by atoms with Crippen LogP contribution in [0.3, 0.4) is 0 Å². The zero-order valence-electron chi connectivity index (χ0n) is 13.4. The Bertz CT molecular complexity index is 956. The molecule has 2 atom stereocenters. The first kappa shape index (κ1) is 14.9. The van der Waals surface area contributed by atoms with E-state index in [4.69, 9.17) is 0 Å². The topological polar surface area (TPSA) is 30.2 Å². The minimum absolute atomic E-state index is 0.153. The van der Waals surface area contributed by atoms with Gasteiger partial charge in [0.1, 0.15) is 6.33 Å². The lowest BCUT2D eigenvalue weighted by molar-refractivity contribution is -0.137. The molecule has 0 radical (unpaired) electrons. The first-order valence-corrected chi connectivity index (χ1v) is 8.51. The molecular formula is C19H16F3N3. The van der Waals surface area contributed by atoms with Gasteiger partial charge in [-0.15, -0.1) is 0 Å². The number of nitrogens with zero attached hydrogens (tertiary/aromatic N) is 3. The molecular weight excluding hydrogens is 327 g/mol. The van der Waals surface area contributed by atoms with Crippen molar-refractivity contribution < 1.29 is 13.2 Å². The van der Waals surface area contributed by atoms with E-state index in [1.54, 1.807) is 4.52 Å². The van der Waals surface area contributed by atoms with Gasteiger partial charge in [-0.1, -0.05) is 18.2 Å². The van der Waals surface area contributed by atoms with E-state index in [0.29, 0.717) is 5.92 Å². The molecule has 2 aromatic heterocycles. The number of hydrogen-bond acceptors (Lipinski definition) is 2. The molecule has 6 heteroatoms.